The molecule has 5 nitrogen and oxygen atoms in total. The summed E-state index contributed by atoms with van der Waals surface area (Å²) in [6.45, 7) is 9.60. The van der Waals surface area contributed by atoms with Crippen LogP contribution in [0.5, 0.6) is 0 Å². The molecule has 1 aromatic rings. The SMILES string of the molecule is CC(=O)N1CCCC(c2nnc(CC(C)(C)C)o2)C1. The highest BCUT2D eigenvalue weighted by atomic mass is 16.4. The van der Waals surface area contributed by atoms with Crippen molar-refractivity contribution in [1.29, 1.82) is 0 Å². The van der Waals surface area contributed by atoms with E-state index in [9.17, 15) is 4.79 Å². The first-order chi connectivity index (χ1) is 8.85. The zero-order chi connectivity index (χ0) is 14.0. The molecule has 1 aliphatic rings. The summed E-state index contributed by atoms with van der Waals surface area (Å²) in [5.74, 6) is 1.70. The summed E-state index contributed by atoms with van der Waals surface area (Å²) in [4.78, 5) is 13.3. The van der Waals surface area contributed by atoms with Crippen molar-refractivity contribution in [3.63, 3.8) is 0 Å². The van der Waals surface area contributed by atoms with E-state index in [2.05, 4.69) is 31.0 Å². The van der Waals surface area contributed by atoms with Crippen molar-refractivity contribution in [2.45, 2.75) is 52.9 Å². The fourth-order valence-corrected chi connectivity index (χ4v) is 2.42. The van der Waals surface area contributed by atoms with Gasteiger partial charge in [-0.2, -0.15) is 0 Å². The lowest BCUT2D eigenvalue weighted by molar-refractivity contribution is -0.130. The topological polar surface area (TPSA) is 59.2 Å². The maximum atomic E-state index is 11.4. The predicted molar refractivity (Wildman–Crippen MR) is 71.7 cm³/mol. The van der Waals surface area contributed by atoms with Gasteiger partial charge in [0.1, 0.15) is 0 Å². The summed E-state index contributed by atoms with van der Waals surface area (Å²) in [6, 6.07) is 0. The summed E-state index contributed by atoms with van der Waals surface area (Å²) in [6.07, 6.45) is 2.80. The Kier molecular flexibility index (Phi) is 3.92. The van der Waals surface area contributed by atoms with Crippen LogP contribution in [0.1, 0.15) is 58.2 Å². The second kappa shape index (κ2) is 5.31. The quantitative estimate of drug-likeness (QED) is 0.823. The number of hydrogen-bond acceptors (Lipinski definition) is 4. The summed E-state index contributed by atoms with van der Waals surface area (Å²) in [5.41, 5.74) is 0.141. The molecule has 1 aliphatic heterocycles. The molecule has 0 N–H and O–H groups in total. The molecule has 2 rings (SSSR count). The number of piperidine rings is 1. The lowest BCUT2D eigenvalue weighted by Crippen LogP contribution is -2.37. The molecule has 0 radical (unpaired) electrons. The summed E-state index contributed by atoms with van der Waals surface area (Å²) in [7, 11) is 0. The Labute approximate surface area is 114 Å². The molecule has 0 aliphatic carbocycles. The van der Waals surface area contributed by atoms with E-state index in [-0.39, 0.29) is 17.2 Å². The number of carbonyl (C=O) groups excluding carboxylic acids is 1. The van der Waals surface area contributed by atoms with Gasteiger partial charge in [0, 0.05) is 26.4 Å². The van der Waals surface area contributed by atoms with Crippen molar-refractivity contribution < 1.29 is 9.21 Å². The highest BCUT2D eigenvalue weighted by Crippen LogP contribution is 2.27. The molecule has 0 saturated carbocycles. The van der Waals surface area contributed by atoms with Crippen molar-refractivity contribution in [1.82, 2.24) is 15.1 Å². The smallest absolute Gasteiger partial charge is 0.221 e. The molecule has 1 fully saturated rings. The highest BCUT2D eigenvalue weighted by Gasteiger charge is 2.27. The molecule has 1 aromatic heterocycles. The zero-order valence-corrected chi connectivity index (χ0v) is 12.3. The predicted octanol–water partition coefficient (Wildman–Crippen LogP) is 2.38. The molecule has 1 unspecified atom stereocenters. The van der Waals surface area contributed by atoms with Crippen molar-refractivity contribution >= 4 is 5.91 Å². The Morgan fingerprint density at radius 2 is 2.16 bits per heavy atom. The molecule has 0 spiro atoms. The van der Waals surface area contributed by atoms with Crippen molar-refractivity contribution in [2.75, 3.05) is 13.1 Å². The first-order valence-electron chi connectivity index (χ1n) is 6.93. The van der Waals surface area contributed by atoms with Crippen LogP contribution in [0.25, 0.3) is 0 Å². The molecule has 19 heavy (non-hydrogen) atoms. The van der Waals surface area contributed by atoms with Gasteiger partial charge in [0.15, 0.2) is 0 Å². The van der Waals surface area contributed by atoms with Gasteiger partial charge in [0.2, 0.25) is 17.7 Å². The third-order valence-electron chi connectivity index (χ3n) is 3.38. The number of nitrogens with zero attached hydrogens (tertiary/aromatic N) is 3. The van der Waals surface area contributed by atoms with Crippen LogP contribution in [0.2, 0.25) is 0 Å². The van der Waals surface area contributed by atoms with Crippen LogP contribution in [0.4, 0.5) is 0 Å². The van der Waals surface area contributed by atoms with Gasteiger partial charge in [-0.1, -0.05) is 20.8 Å². The van der Waals surface area contributed by atoms with Crippen LogP contribution in [-0.4, -0.2) is 34.1 Å². The zero-order valence-electron chi connectivity index (χ0n) is 12.3. The first-order valence-corrected chi connectivity index (χ1v) is 6.93. The van der Waals surface area contributed by atoms with Crippen LogP contribution in [0.3, 0.4) is 0 Å². The highest BCUT2D eigenvalue weighted by molar-refractivity contribution is 5.73. The minimum absolute atomic E-state index is 0.124. The summed E-state index contributed by atoms with van der Waals surface area (Å²) in [5, 5.41) is 8.29. The molecular weight excluding hydrogens is 242 g/mol. The van der Waals surface area contributed by atoms with Crippen LogP contribution in [-0.2, 0) is 11.2 Å². The molecule has 0 bridgehead atoms. The minimum Gasteiger partial charge on any atom is -0.425 e. The maximum Gasteiger partial charge on any atom is 0.221 e. The largest absolute Gasteiger partial charge is 0.425 e. The van der Waals surface area contributed by atoms with Gasteiger partial charge >= 0.3 is 0 Å². The van der Waals surface area contributed by atoms with Gasteiger partial charge in [-0.15, -0.1) is 10.2 Å². The number of rotatable bonds is 2. The maximum absolute atomic E-state index is 11.4. The Morgan fingerprint density at radius 1 is 1.42 bits per heavy atom. The number of amides is 1. The minimum atomic E-state index is 0.124. The van der Waals surface area contributed by atoms with E-state index in [1.807, 2.05) is 4.90 Å². The van der Waals surface area contributed by atoms with Crippen molar-refractivity contribution in [3.05, 3.63) is 11.8 Å². The lowest BCUT2D eigenvalue weighted by Gasteiger charge is -2.30. The Morgan fingerprint density at radius 3 is 2.79 bits per heavy atom. The molecule has 2 heterocycles. The fraction of sp³-hybridized carbons (Fsp3) is 0.786. The molecular formula is C14H23N3O2. The van der Waals surface area contributed by atoms with Crippen LogP contribution < -0.4 is 0 Å². The van der Waals surface area contributed by atoms with Crippen LogP contribution in [0, 0.1) is 5.41 Å². The first kappa shape index (κ1) is 14.0. The molecule has 0 aromatic carbocycles. The molecule has 5 heteroatoms. The van der Waals surface area contributed by atoms with Crippen LogP contribution >= 0.6 is 0 Å². The lowest BCUT2D eigenvalue weighted by atomic mass is 9.92. The Balaban J connectivity index is 2.04. The molecule has 106 valence electrons. The normalized spacial score (nSPS) is 20.6. The van der Waals surface area contributed by atoms with E-state index < -0.39 is 0 Å². The van der Waals surface area contributed by atoms with E-state index in [1.165, 1.54) is 0 Å². The van der Waals surface area contributed by atoms with Gasteiger partial charge in [0.25, 0.3) is 0 Å². The monoisotopic (exact) mass is 265 g/mol. The average Bonchev–Trinajstić information content (AvgIpc) is 2.75. The Bertz CT molecular complexity index is 448. The number of hydrogen-bond donors (Lipinski definition) is 0. The van der Waals surface area contributed by atoms with Gasteiger partial charge in [-0.05, 0) is 18.3 Å². The third kappa shape index (κ3) is 3.78. The van der Waals surface area contributed by atoms with Gasteiger partial charge in [0.05, 0.1) is 5.92 Å². The average molecular weight is 265 g/mol. The molecule has 1 saturated heterocycles. The van der Waals surface area contributed by atoms with E-state index in [4.69, 9.17) is 4.42 Å². The number of carbonyl (C=O) groups is 1. The van der Waals surface area contributed by atoms with E-state index >= 15 is 0 Å². The van der Waals surface area contributed by atoms with Crippen molar-refractivity contribution in [3.8, 4) is 0 Å². The second-order valence-electron chi connectivity index (χ2n) is 6.58. The third-order valence-corrected chi connectivity index (χ3v) is 3.38. The Hall–Kier alpha value is -1.39. The van der Waals surface area contributed by atoms with Gasteiger partial charge in [-0.25, -0.2) is 0 Å². The number of aromatic nitrogens is 2. The van der Waals surface area contributed by atoms with Gasteiger partial charge < -0.3 is 9.32 Å². The fourth-order valence-electron chi connectivity index (χ4n) is 2.42. The van der Waals surface area contributed by atoms with E-state index in [0.717, 1.165) is 25.8 Å². The van der Waals surface area contributed by atoms with Crippen LogP contribution in [0.15, 0.2) is 4.42 Å². The second-order valence-corrected chi connectivity index (χ2v) is 6.58. The molecule has 1 amide bonds. The van der Waals surface area contributed by atoms with E-state index in [1.54, 1.807) is 6.92 Å². The van der Waals surface area contributed by atoms with Gasteiger partial charge in [-0.3, -0.25) is 4.79 Å². The summed E-state index contributed by atoms with van der Waals surface area (Å²) < 4.78 is 5.77. The number of likely N-dealkylation sites (tertiary alicyclic amines) is 1. The molecule has 1 atom stereocenters. The van der Waals surface area contributed by atoms with Crippen molar-refractivity contribution in [2.24, 2.45) is 5.41 Å². The summed E-state index contributed by atoms with van der Waals surface area (Å²) >= 11 is 0. The van der Waals surface area contributed by atoms with E-state index in [0.29, 0.717) is 18.3 Å². The standard InChI is InChI=1S/C14H23N3O2/c1-10(18)17-7-5-6-11(9-17)13-16-15-12(19-13)8-14(2,3)4/h11H,5-9H2,1-4H3.